The molecule has 0 radical (unpaired) electrons. The maximum atomic E-state index is 5.92. The van der Waals surface area contributed by atoms with Gasteiger partial charge < -0.3 is 4.40 Å². The molecule has 102 valence electrons. The minimum Gasteiger partial charge on any atom is -0.313 e. The molecule has 0 bridgehead atoms. The number of hydrogen-bond acceptors (Lipinski definition) is 1. The molecule has 0 aliphatic heterocycles. The van der Waals surface area contributed by atoms with Gasteiger partial charge in [-0.3, -0.25) is 4.98 Å². The Morgan fingerprint density at radius 2 is 1.81 bits per heavy atom. The average Bonchev–Trinajstić information content (AvgIpc) is 2.88. The third-order valence-electron chi connectivity index (χ3n) is 3.72. The highest BCUT2D eigenvalue weighted by Gasteiger charge is 2.04. The molecular formula is C18H13ClN2. The van der Waals surface area contributed by atoms with E-state index in [2.05, 4.69) is 45.9 Å². The van der Waals surface area contributed by atoms with Crippen LogP contribution in [0.1, 0.15) is 11.3 Å². The van der Waals surface area contributed by atoms with Crippen LogP contribution >= 0.6 is 11.6 Å². The zero-order valence-electron chi connectivity index (χ0n) is 11.3. The average molecular weight is 293 g/mol. The fraction of sp³-hybridized carbons (Fsp3) is 0.0556. The van der Waals surface area contributed by atoms with Crippen LogP contribution in [0.2, 0.25) is 5.02 Å². The van der Waals surface area contributed by atoms with Crippen molar-refractivity contribution in [2.45, 2.75) is 6.42 Å². The van der Waals surface area contributed by atoms with Gasteiger partial charge in [0.15, 0.2) is 0 Å². The zero-order chi connectivity index (χ0) is 14.2. The quantitative estimate of drug-likeness (QED) is 0.522. The van der Waals surface area contributed by atoms with Gasteiger partial charge in [-0.2, -0.15) is 0 Å². The Morgan fingerprint density at radius 3 is 2.67 bits per heavy atom. The molecule has 0 aliphatic carbocycles. The van der Waals surface area contributed by atoms with Crippen molar-refractivity contribution >= 4 is 28.0 Å². The molecule has 2 nitrogen and oxygen atoms in total. The molecule has 0 N–H and O–H groups in total. The predicted molar refractivity (Wildman–Crippen MR) is 87.0 cm³/mol. The van der Waals surface area contributed by atoms with Crippen LogP contribution in [0.4, 0.5) is 0 Å². The van der Waals surface area contributed by atoms with Crippen LogP contribution in [0.15, 0.2) is 67.0 Å². The molecule has 4 aromatic rings. The number of rotatable bonds is 2. The minimum atomic E-state index is 0.763. The van der Waals surface area contributed by atoms with Gasteiger partial charge in [-0.1, -0.05) is 41.9 Å². The van der Waals surface area contributed by atoms with E-state index < -0.39 is 0 Å². The van der Waals surface area contributed by atoms with Gasteiger partial charge in [0, 0.05) is 23.0 Å². The molecule has 2 heterocycles. The summed E-state index contributed by atoms with van der Waals surface area (Å²) in [6.45, 7) is 0. The number of nitrogens with zero attached hydrogens (tertiary/aromatic N) is 2. The van der Waals surface area contributed by atoms with Crippen molar-refractivity contribution in [1.82, 2.24) is 9.38 Å². The maximum Gasteiger partial charge on any atom is 0.0646 e. The van der Waals surface area contributed by atoms with Crippen LogP contribution in [-0.2, 0) is 6.42 Å². The Balaban J connectivity index is 1.79. The van der Waals surface area contributed by atoms with Crippen molar-refractivity contribution in [2.24, 2.45) is 0 Å². The highest BCUT2D eigenvalue weighted by atomic mass is 35.5. The summed E-state index contributed by atoms with van der Waals surface area (Å²) in [4.78, 5) is 4.57. The SMILES string of the molecule is Clc1ccc(Cc2cn3c(cn2)cc2ccccc23)cc1. The Kier molecular flexibility index (Phi) is 2.90. The second-order valence-electron chi connectivity index (χ2n) is 5.18. The van der Waals surface area contributed by atoms with E-state index in [0.29, 0.717) is 0 Å². The Labute approximate surface area is 127 Å². The molecule has 2 aromatic heterocycles. The monoisotopic (exact) mass is 292 g/mol. The van der Waals surface area contributed by atoms with Crippen molar-refractivity contribution in [3.63, 3.8) is 0 Å². The van der Waals surface area contributed by atoms with E-state index in [4.69, 9.17) is 11.6 Å². The summed E-state index contributed by atoms with van der Waals surface area (Å²) in [6.07, 6.45) is 4.86. The summed E-state index contributed by atoms with van der Waals surface area (Å²) in [5.74, 6) is 0. The molecule has 4 rings (SSSR count). The summed E-state index contributed by atoms with van der Waals surface area (Å²) in [5, 5.41) is 2.00. The van der Waals surface area contributed by atoms with Crippen molar-refractivity contribution in [3.05, 3.63) is 83.3 Å². The highest BCUT2D eigenvalue weighted by molar-refractivity contribution is 6.30. The van der Waals surface area contributed by atoms with Crippen LogP contribution in [0, 0.1) is 0 Å². The van der Waals surface area contributed by atoms with Crippen LogP contribution < -0.4 is 0 Å². The molecule has 0 atom stereocenters. The van der Waals surface area contributed by atoms with Crippen molar-refractivity contribution < 1.29 is 0 Å². The largest absolute Gasteiger partial charge is 0.313 e. The smallest absolute Gasteiger partial charge is 0.0646 e. The van der Waals surface area contributed by atoms with Gasteiger partial charge in [0.1, 0.15) is 0 Å². The van der Waals surface area contributed by atoms with E-state index in [0.717, 1.165) is 22.7 Å². The maximum absolute atomic E-state index is 5.92. The lowest BCUT2D eigenvalue weighted by molar-refractivity contribution is 1.02. The van der Waals surface area contributed by atoms with Crippen LogP contribution in [0.5, 0.6) is 0 Å². The van der Waals surface area contributed by atoms with Gasteiger partial charge >= 0.3 is 0 Å². The first kappa shape index (κ1) is 12.4. The first-order valence-corrected chi connectivity index (χ1v) is 7.26. The molecule has 21 heavy (non-hydrogen) atoms. The van der Waals surface area contributed by atoms with Gasteiger partial charge in [0.05, 0.1) is 22.9 Å². The lowest BCUT2D eigenvalue weighted by Crippen LogP contribution is -1.95. The second kappa shape index (κ2) is 4.90. The number of benzene rings is 2. The first-order chi connectivity index (χ1) is 10.3. The Hall–Kier alpha value is -2.32. The lowest BCUT2D eigenvalue weighted by Gasteiger charge is -2.04. The number of hydrogen-bond donors (Lipinski definition) is 0. The van der Waals surface area contributed by atoms with E-state index in [-0.39, 0.29) is 0 Å². The second-order valence-corrected chi connectivity index (χ2v) is 5.62. The van der Waals surface area contributed by atoms with Crippen LogP contribution in [0.3, 0.4) is 0 Å². The predicted octanol–water partition coefficient (Wildman–Crippen LogP) is 4.73. The molecule has 0 amide bonds. The molecular weight excluding hydrogens is 280 g/mol. The number of halogens is 1. The summed E-state index contributed by atoms with van der Waals surface area (Å²) in [5.41, 5.74) is 4.59. The lowest BCUT2D eigenvalue weighted by atomic mass is 10.1. The summed E-state index contributed by atoms with van der Waals surface area (Å²) in [6, 6.07) is 18.5. The molecule has 0 spiro atoms. The van der Waals surface area contributed by atoms with E-state index in [9.17, 15) is 0 Å². The molecule has 0 fully saturated rings. The van der Waals surface area contributed by atoms with E-state index in [1.807, 2.05) is 30.5 Å². The van der Waals surface area contributed by atoms with Gasteiger partial charge in [-0.15, -0.1) is 0 Å². The van der Waals surface area contributed by atoms with Gasteiger partial charge in [-0.05, 0) is 29.8 Å². The van der Waals surface area contributed by atoms with Crippen molar-refractivity contribution in [2.75, 3.05) is 0 Å². The molecule has 0 saturated heterocycles. The van der Waals surface area contributed by atoms with Crippen molar-refractivity contribution in [3.8, 4) is 0 Å². The minimum absolute atomic E-state index is 0.763. The first-order valence-electron chi connectivity index (χ1n) is 6.89. The topological polar surface area (TPSA) is 17.3 Å². The van der Waals surface area contributed by atoms with Gasteiger partial charge in [0.2, 0.25) is 0 Å². The van der Waals surface area contributed by atoms with E-state index >= 15 is 0 Å². The summed E-state index contributed by atoms with van der Waals surface area (Å²) in [7, 11) is 0. The molecule has 0 saturated carbocycles. The normalized spacial score (nSPS) is 11.3. The van der Waals surface area contributed by atoms with E-state index in [1.54, 1.807) is 0 Å². The third kappa shape index (κ3) is 2.28. The molecule has 3 heteroatoms. The zero-order valence-corrected chi connectivity index (χ0v) is 12.1. The number of aromatic nitrogens is 2. The van der Waals surface area contributed by atoms with Gasteiger partial charge in [-0.25, -0.2) is 0 Å². The number of para-hydroxylation sites is 1. The standard InChI is InChI=1S/C18H13ClN2/c19-15-7-5-13(6-8-15)9-16-12-21-17(11-20-16)10-14-3-1-2-4-18(14)21/h1-8,10-12H,9H2. The fourth-order valence-electron chi connectivity index (χ4n) is 2.67. The molecule has 0 aliphatic rings. The van der Waals surface area contributed by atoms with Crippen LogP contribution in [0.25, 0.3) is 16.4 Å². The summed E-state index contributed by atoms with van der Waals surface area (Å²) < 4.78 is 2.20. The fourth-order valence-corrected chi connectivity index (χ4v) is 2.80. The Bertz CT molecular complexity index is 923. The van der Waals surface area contributed by atoms with Crippen molar-refractivity contribution in [1.29, 1.82) is 0 Å². The van der Waals surface area contributed by atoms with Gasteiger partial charge in [0.25, 0.3) is 0 Å². The number of fused-ring (bicyclic) bond motifs is 3. The molecule has 0 unspecified atom stereocenters. The van der Waals surface area contributed by atoms with Crippen LogP contribution in [-0.4, -0.2) is 9.38 Å². The highest BCUT2D eigenvalue weighted by Crippen LogP contribution is 2.20. The molecule has 2 aromatic carbocycles. The summed E-state index contributed by atoms with van der Waals surface area (Å²) >= 11 is 5.92. The third-order valence-corrected chi connectivity index (χ3v) is 3.97. The Morgan fingerprint density at radius 1 is 1.00 bits per heavy atom. The van der Waals surface area contributed by atoms with E-state index in [1.165, 1.54) is 16.5 Å².